The van der Waals surface area contributed by atoms with Crippen LogP contribution < -0.4 is 16.4 Å². The number of carbonyl (C=O) groups excluding carboxylic acids is 3. The molecule has 10 heteroatoms. The largest absolute Gasteiger partial charge is 0.480 e. The lowest BCUT2D eigenvalue weighted by Crippen LogP contribution is -2.39. The zero-order chi connectivity index (χ0) is 19.6. The number of benzene rings is 1. The minimum atomic E-state index is -1.09. The molecule has 0 atom stereocenters. The van der Waals surface area contributed by atoms with Gasteiger partial charge in [0, 0.05) is 17.4 Å². The second-order valence-electron chi connectivity index (χ2n) is 5.54. The van der Waals surface area contributed by atoms with Crippen molar-refractivity contribution in [1.82, 2.24) is 0 Å². The number of hydrogen-bond acceptors (Lipinski definition) is 6. The Labute approximate surface area is 149 Å². The first-order valence-corrected chi connectivity index (χ1v) is 7.78. The van der Waals surface area contributed by atoms with Gasteiger partial charge in [0.05, 0.1) is 0 Å². The number of nitrogens with zero attached hydrogens (tertiary/aromatic N) is 1. The van der Waals surface area contributed by atoms with E-state index >= 15 is 0 Å². The van der Waals surface area contributed by atoms with Crippen LogP contribution in [0.2, 0.25) is 0 Å². The first kappa shape index (κ1) is 22.2. The minimum Gasteiger partial charge on any atom is -0.480 e. The topological polar surface area (TPSA) is 153 Å². The van der Waals surface area contributed by atoms with Gasteiger partial charge in [-0.3, -0.25) is 19.3 Å². The van der Waals surface area contributed by atoms with Crippen LogP contribution in [0.1, 0.15) is 20.8 Å². The number of nitrogens with two attached hydrogens (primary N) is 2. The molecular formula is C15H21N3O6S. The number of ether oxygens (including phenoxy) is 1. The zero-order valence-corrected chi connectivity index (χ0v) is 14.9. The fourth-order valence-electron chi connectivity index (χ4n) is 1.42. The Morgan fingerprint density at radius 2 is 1.56 bits per heavy atom. The van der Waals surface area contributed by atoms with Gasteiger partial charge >= 0.3 is 12.1 Å². The molecule has 0 bridgehead atoms. The number of amides is 3. The maximum Gasteiger partial charge on any atom is 0.415 e. The van der Waals surface area contributed by atoms with Gasteiger partial charge in [0.1, 0.15) is 12.1 Å². The number of carboxylic acids is 1. The number of primary amides is 2. The van der Waals surface area contributed by atoms with E-state index in [9.17, 15) is 19.2 Å². The first-order chi connectivity index (χ1) is 11.4. The van der Waals surface area contributed by atoms with Crippen molar-refractivity contribution >= 4 is 40.0 Å². The number of aliphatic carboxylic acids is 1. The summed E-state index contributed by atoms with van der Waals surface area (Å²) in [4.78, 5) is 43.2. The maximum atomic E-state index is 11.9. The summed E-state index contributed by atoms with van der Waals surface area (Å²) in [5, 5.41) is 7.30. The van der Waals surface area contributed by atoms with Crippen LogP contribution in [0.25, 0.3) is 0 Å². The van der Waals surface area contributed by atoms with Crippen molar-refractivity contribution in [3.8, 4) is 0 Å². The molecule has 0 aromatic heterocycles. The maximum absolute atomic E-state index is 11.9. The molecule has 0 aliphatic rings. The standard InChI is InChI=1S/C13H17NO4.C2H4N2O2S/c1-13(2,3)18-12(17)14(9-11(15)16)10-7-5-4-6-8-10;3-1(5)7-2(4)6/h4-8H,9H2,1-3H3,(H,15,16);(H2,3,5)(H2,4,6). The molecule has 0 heterocycles. The molecule has 0 saturated carbocycles. The van der Waals surface area contributed by atoms with Crippen LogP contribution in [0, 0.1) is 0 Å². The van der Waals surface area contributed by atoms with Crippen molar-refractivity contribution in [2.24, 2.45) is 11.5 Å². The van der Waals surface area contributed by atoms with Crippen LogP contribution >= 0.6 is 11.8 Å². The molecule has 1 aromatic rings. The molecule has 0 aliphatic heterocycles. The summed E-state index contributed by atoms with van der Waals surface area (Å²) in [6.45, 7) is 4.76. The molecule has 0 unspecified atom stereocenters. The van der Waals surface area contributed by atoms with E-state index in [1.807, 2.05) is 0 Å². The number of carbonyl (C=O) groups is 4. The molecule has 0 aliphatic carbocycles. The summed E-state index contributed by atoms with van der Waals surface area (Å²) in [6, 6.07) is 8.57. The van der Waals surface area contributed by atoms with Crippen molar-refractivity contribution < 1.29 is 29.0 Å². The van der Waals surface area contributed by atoms with Crippen LogP contribution in [-0.4, -0.2) is 39.8 Å². The van der Waals surface area contributed by atoms with Gasteiger partial charge < -0.3 is 21.3 Å². The number of hydrogen-bond donors (Lipinski definition) is 3. The van der Waals surface area contributed by atoms with Crippen molar-refractivity contribution in [1.29, 1.82) is 0 Å². The second kappa shape index (κ2) is 10.2. The lowest BCUT2D eigenvalue weighted by Gasteiger charge is -2.26. The van der Waals surface area contributed by atoms with Crippen LogP contribution in [0.5, 0.6) is 0 Å². The average molecular weight is 371 g/mol. The predicted molar refractivity (Wildman–Crippen MR) is 94.4 cm³/mol. The molecule has 138 valence electrons. The van der Waals surface area contributed by atoms with E-state index in [1.54, 1.807) is 51.1 Å². The highest BCUT2D eigenvalue weighted by molar-refractivity contribution is 8.25. The molecule has 1 aromatic carbocycles. The fraction of sp³-hybridized carbons (Fsp3) is 0.333. The predicted octanol–water partition coefficient (Wildman–Crippen LogP) is 2.39. The van der Waals surface area contributed by atoms with Gasteiger partial charge in [0.25, 0.3) is 10.5 Å². The summed E-state index contributed by atoms with van der Waals surface area (Å²) in [5.41, 5.74) is 8.86. The molecule has 9 nitrogen and oxygen atoms in total. The third-order valence-electron chi connectivity index (χ3n) is 2.18. The van der Waals surface area contributed by atoms with Gasteiger partial charge in [-0.05, 0) is 32.9 Å². The lowest BCUT2D eigenvalue weighted by molar-refractivity contribution is -0.135. The van der Waals surface area contributed by atoms with E-state index in [-0.39, 0.29) is 11.8 Å². The average Bonchev–Trinajstić information content (AvgIpc) is 2.42. The molecule has 0 saturated heterocycles. The van der Waals surface area contributed by atoms with Gasteiger partial charge in [-0.1, -0.05) is 18.2 Å². The quantitative estimate of drug-likeness (QED) is 0.737. The van der Waals surface area contributed by atoms with E-state index in [1.165, 1.54) is 0 Å². The first-order valence-electron chi connectivity index (χ1n) is 6.96. The van der Waals surface area contributed by atoms with Gasteiger partial charge in [0.15, 0.2) is 0 Å². The van der Waals surface area contributed by atoms with Gasteiger partial charge in [-0.25, -0.2) is 4.79 Å². The summed E-state index contributed by atoms with van der Waals surface area (Å²) < 4.78 is 5.18. The molecule has 25 heavy (non-hydrogen) atoms. The second-order valence-corrected chi connectivity index (χ2v) is 6.54. The van der Waals surface area contributed by atoms with Crippen LogP contribution in [0.15, 0.2) is 30.3 Å². The van der Waals surface area contributed by atoms with Crippen LogP contribution in [0.3, 0.4) is 0 Å². The van der Waals surface area contributed by atoms with Crippen molar-refractivity contribution in [3.63, 3.8) is 0 Å². The molecule has 5 N–H and O–H groups in total. The SMILES string of the molecule is CC(C)(C)OC(=O)N(CC(=O)O)c1ccccc1.NC(=O)SC(N)=O. The van der Waals surface area contributed by atoms with E-state index in [0.29, 0.717) is 5.69 Å². The fourth-order valence-corrected chi connectivity index (χ4v) is 1.62. The Bertz CT molecular complexity index is 603. The Morgan fingerprint density at radius 1 is 1.08 bits per heavy atom. The Hall–Kier alpha value is -2.75. The van der Waals surface area contributed by atoms with E-state index < -0.39 is 34.7 Å². The van der Waals surface area contributed by atoms with Crippen molar-refractivity contribution in [3.05, 3.63) is 30.3 Å². The molecule has 3 amide bonds. The summed E-state index contributed by atoms with van der Waals surface area (Å²) in [5.74, 6) is -1.09. The summed E-state index contributed by atoms with van der Waals surface area (Å²) >= 11 is 0.287. The van der Waals surface area contributed by atoms with Gasteiger partial charge in [-0.2, -0.15) is 0 Å². The van der Waals surface area contributed by atoms with Crippen LogP contribution in [-0.2, 0) is 9.53 Å². The molecule has 0 spiro atoms. The zero-order valence-electron chi connectivity index (χ0n) is 14.1. The highest BCUT2D eigenvalue weighted by Gasteiger charge is 2.24. The molecular weight excluding hydrogens is 350 g/mol. The summed E-state index contributed by atoms with van der Waals surface area (Å²) in [6.07, 6.45) is -0.670. The van der Waals surface area contributed by atoms with Crippen molar-refractivity contribution in [2.45, 2.75) is 26.4 Å². The molecule has 0 fully saturated rings. The Balaban J connectivity index is 0.000000697. The van der Waals surface area contributed by atoms with Crippen LogP contribution in [0.4, 0.5) is 20.1 Å². The van der Waals surface area contributed by atoms with Crippen molar-refractivity contribution in [2.75, 3.05) is 11.4 Å². The van der Waals surface area contributed by atoms with Gasteiger partial charge in [-0.15, -0.1) is 0 Å². The number of rotatable bonds is 3. The number of para-hydroxylation sites is 1. The molecule has 0 radical (unpaired) electrons. The highest BCUT2D eigenvalue weighted by atomic mass is 32.2. The Kier molecular flexibility index (Phi) is 9.06. The van der Waals surface area contributed by atoms with E-state index in [4.69, 9.17) is 9.84 Å². The number of thioether (sulfide) groups is 1. The minimum absolute atomic E-state index is 0.287. The number of anilines is 1. The monoisotopic (exact) mass is 371 g/mol. The molecule has 1 rings (SSSR count). The summed E-state index contributed by atoms with van der Waals surface area (Å²) in [7, 11) is 0. The lowest BCUT2D eigenvalue weighted by atomic mass is 10.2. The van der Waals surface area contributed by atoms with E-state index in [2.05, 4.69) is 11.5 Å². The third kappa shape index (κ3) is 11.4. The van der Waals surface area contributed by atoms with Gasteiger partial charge in [0.2, 0.25) is 0 Å². The number of carboxylic acid groups (broad SMARTS) is 1. The normalized spacial score (nSPS) is 10.0. The van der Waals surface area contributed by atoms with E-state index in [0.717, 1.165) is 4.90 Å². The highest BCUT2D eigenvalue weighted by Crippen LogP contribution is 2.17. The smallest absolute Gasteiger partial charge is 0.415 e. The Morgan fingerprint density at radius 3 is 1.88 bits per heavy atom. The third-order valence-corrected chi connectivity index (χ3v) is 2.58.